The van der Waals surface area contributed by atoms with Gasteiger partial charge in [0.1, 0.15) is 5.75 Å². The van der Waals surface area contributed by atoms with E-state index < -0.39 is 0 Å². The summed E-state index contributed by atoms with van der Waals surface area (Å²) in [6.45, 7) is 0. The zero-order valence-corrected chi connectivity index (χ0v) is 17.3. The van der Waals surface area contributed by atoms with Gasteiger partial charge in [0.15, 0.2) is 5.17 Å². The summed E-state index contributed by atoms with van der Waals surface area (Å²) in [6, 6.07) is 27.1. The summed E-state index contributed by atoms with van der Waals surface area (Å²) >= 11 is 1.44. The maximum Gasteiger partial charge on any atom is 0.247 e. The molecule has 3 aromatic rings. The Hall–Kier alpha value is -3.38. The van der Waals surface area contributed by atoms with Crippen molar-refractivity contribution in [1.29, 1.82) is 0 Å². The molecule has 3 aromatic carbocycles. The highest BCUT2D eigenvalue weighted by Crippen LogP contribution is 2.34. The fraction of sp³-hybridized carbons (Fsp3) is 0.125. The second-order valence-electron chi connectivity index (χ2n) is 6.71. The SMILES string of the molecule is COc1ccc(CC2S/C(=N/N=C/c3ccccc3)N(c3ccccc3)C2=O)cc1. The fourth-order valence-corrected chi connectivity index (χ4v) is 4.27. The summed E-state index contributed by atoms with van der Waals surface area (Å²) < 4.78 is 5.22. The van der Waals surface area contributed by atoms with Crippen molar-refractivity contribution in [3.63, 3.8) is 0 Å². The standard InChI is InChI=1S/C24H21N3O2S/c1-29-21-14-12-18(13-15-21)16-22-23(28)27(20-10-6-3-7-11-20)24(30-22)26-25-17-19-8-4-2-5-9-19/h2-15,17,22H,16H2,1H3/b25-17+,26-24+. The number of carbonyl (C=O) groups is 1. The number of methoxy groups -OCH3 is 1. The molecule has 5 nitrogen and oxygen atoms in total. The zero-order valence-electron chi connectivity index (χ0n) is 16.5. The van der Waals surface area contributed by atoms with Crippen molar-refractivity contribution in [1.82, 2.24) is 0 Å². The lowest BCUT2D eigenvalue weighted by Crippen LogP contribution is -2.32. The molecule has 0 spiro atoms. The normalized spacial score (nSPS) is 17.8. The topological polar surface area (TPSA) is 54.3 Å². The van der Waals surface area contributed by atoms with Gasteiger partial charge in [-0.25, -0.2) is 0 Å². The van der Waals surface area contributed by atoms with Crippen LogP contribution in [-0.4, -0.2) is 29.6 Å². The van der Waals surface area contributed by atoms with E-state index in [-0.39, 0.29) is 11.2 Å². The van der Waals surface area contributed by atoms with Gasteiger partial charge in [0, 0.05) is 0 Å². The second-order valence-corrected chi connectivity index (χ2v) is 7.88. The molecule has 1 unspecified atom stereocenters. The van der Waals surface area contributed by atoms with E-state index >= 15 is 0 Å². The Morgan fingerprint density at radius 3 is 2.30 bits per heavy atom. The minimum absolute atomic E-state index is 0.00989. The molecule has 0 N–H and O–H groups in total. The van der Waals surface area contributed by atoms with Crippen LogP contribution < -0.4 is 9.64 Å². The number of carbonyl (C=O) groups excluding carboxylic acids is 1. The van der Waals surface area contributed by atoms with E-state index in [1.54, 1.807) is 18.2 Å². The summed E-state index contributed by atoms with van der Waals surface area (Å²) in [5.74, 6) is 0.809. The monoisotopic (exact) mass is 415 g/mol. The number of thioether (sulfide) groups is 1. The first-order chi connectivity index (χ1) is 14.7. The predicted molar refractivity (Wildman–Crippen MR) is 123 cm³/mol. The Balaban J connectivity index is 1.59. The van der Waals surface area contributed by atoms with Gasteiger partial charge in [0.25, 0.3) is 0 Å². The van der Waals surface area contributed by atoms with E-state index in [2.05, 4.69) is 10.2 Å². The predicted octanol–water partition coefficient (Wildman–Crippen LogP) is 4.78. The maximum atomic E-state index is 13.2. The molecule has 1 saturated heterocycles. The molecule has 1 aliphatic rings. The number of para-hydroxylation sites is 1. The van der Waals surface area contributed by atoms with Crippen LogP contribution in [0.1, 0.15) is 11.1 Å². The molecule has 1 heterocycles. The van der Waals surface area contributed by atoms with Gasteiger partial charge in [-0.15, -0.1) is 5.10 Å². The molecule has 0 bridgehead atoms. The lowest BCUT2D eigenvalue weighted by atomic mass is 10.1. The molecule has 0 aliphatic carbocycles. The molecule has 30 heavy (non-hydrogen) atoms. The van der Waals surface area contributed by atoms with E-state index in [1.165, 1.54) is 11.8 Å². The summed E-state index contributed by atoms with van der Waals surface area (Å²) in [5, 5.41) is 8.93. The van der Waals surface area contributed by atoms with Gasteiger partial charge in [0.05, 0.1) is 24.3 Å². The third kappa shape index (κ3) is 4.60. The highest BCUT2D eigenvalue weighted by molar-refractivity contribution is 8.16. The Labute approximate surface area is 180 Å². The Morgan fingerprint density at radius 2 is 1.63 bits per heavy atom. The third-order valence-electron chi connectivity index (χ3n) is 4.68. The summed E-state index contributed by atoms with van der Waals surface area (Å²) in [5.41, 5.74) is 2.82. The van der Waals surface area contributed by atoms with E-state index in [9.17, 15) is 4.79 Å². The summed E-state index contributed by atoms with van der Waals surface area (Å²) in [4.78, 5) is 14.9. The second kappa shape index (κ2) is 9.41. The third-order valence-corrected chi connectivity index (χ3v) is 5.81. The number of benzene rings is 3. The van der Waals surface area contributed by atoms with Gasteiger partial charge in [-0.3, -0.25) is 9.69 Å². The van der Waals surface area contributed by atoms with Crippen molar-refractivity contribution in [2.75, 3.05) is 12.0 Å². The summed E-state index contributed by atoms with van der Waals surface area (Å²) in [6.07, 6.45) is 2.30. The van der Waals surface area contributed by atoms with Crippen LogP contribution in [-0.2, 0) is 11.2 Å². The molecule has 6 heteroatoms. The number of hydrogen-bond donors (Lipinski definition) is 0. The molecule has 4 rings (SSSR count). The first-order valence-electron chi connectivity index (χ1n) is 9.59. The Bertz CT molecular complexity index is 1050. The van der Waals surface area contributed by atoms with Crippen LogP contribution in [0, 0.1) is 0 Å². The van der Waals surface area contributed by atoms with Gasteiger partial charge in [-0.2, -0.15) is 5.10 Å². The van der Waals surface area contributed by atoms with Gasteiger partial charge < -0.3 is 4.74 Å². The fourth-order valence-electron chi connectivity index (χ4n) is 3.14. The van der Waals surface area contributed by atoms with Crippen molar-refractivity contribution >= 4 is 34.7 Å². The molecule has 1 fully saturated rings. The molecule has 1 aliphatic heterocycles. The number of ether oxygens (including phenoxy) is 1. The Morgan fingerprint density at radius 1 is 0.967 bits per heavy atom. The molecular formula is C24H21N3O2S. The van der Waals surface area contributed by atoms with Crippen LogP contribution >= 0.6 is 11.8 Å². The van der Waals surface area contributed by atoms with E-state index in [0.717, 1.165) is 22.6 Å². The average Bonchev–Trinajstić information content (AvgIpc) is 3.10. The lowest BCUT2D eigenvalue weighted by Gasteiger charge is -2.15. The smallest absolute Gasteiger partial charge is 0.247 e. The first kappa shape index (κ1) is 19.9. The number of amidine groups is 1. The van der Waals surface area contributed by atoms with Crippen molar-refractivity contribution in [2.24, 2.45) is 10.2 Å². The highest BCUT2D eigenvalue weighted by atomic mass is 32.2. The molecule has 0 saturated carbocycles. The van der Waals surface area contributed by atoms with Crippen LogP contribution in [0.25, 0.3) is 0 Å². The van der Waals surface area contributed by atoms with Gasteiger partial charge in [-0.1, -0.05) is 72.4 Å². The van der Waals surface area contributed by atoms with E-state index in [0.29, 0.717) is 11.6 Å². The molecular weight excluding hydrogens is 394 g/mol. The average molecular weight is 416 g/mol. The number of rotatable bonds is 6. The zero-order chi connectivity index (χ0) is 20.8. The van der Waals surface area contributed by atoms with Crippen molar-refractivity contribution < 1.29 is 9.53 Å². The van der Waals surface area contributed by atoms with E-state index in [1.807, 2.05) is 84.9 Å². The molecule has 0 radical (unpaired) electrons. The largest absolute Gasteiger partial charge is 0.497 e. The highest BCUT2D eigenvalue weighted by Gasteiger charge is 2.39. The van der Waals surface area contributed by atoms with Crippen molar-refractivity contribution in [3.05, 3.63) is 96.1 Å². The number of anilines is 1. The first-order valence-corrected chi connectivity index (χ1v) is 10.5. The van der Waals surface area contributed by atoms with Crippen LogP contribution in [0.5, 0.6) is 5.75 Å². The Kier molecular flexibility index (Phi) is 6.25. The van der Waals surface area contributed by atoms with E-state index in [4.69, 9.17) is 4.74 Å². The van der Waals surface area contributed by atoms with Crippen molar-refractivity contribution in [2.45, 2.75) is 11.7 Å². The number of amides is 1. The number of hydrogen-bond acceptors (Lipinski definition) is 5. The molecule has 150 valence electrons. The molecule has 1 amide bonds. The summed E-state index contributed by atoms with van der Waals surface area (Å²) in [7, 11) is 1.64. The minimum Gasteiger partial charge on any atom is -0.497 e. The van der Waals surface area contributed by atoms with Crippen LogP contribution in [0.4, 0.5) is 5.69 Å². The number of nitrogens with zero attached hydrogens (tertiary/aromatic N) is 3. The van der Waals surface area contributed by atoms with Crippen molar-refractivity contribution in [3.8, 4) is 5.75 Å². The van der Waals surface area contributed by atoms with Crippen LogP contribution in [0.15, 0.2) is 95.1 Å². The lowest BCUT2D eigenvalue weighted by molar-refractivity contribution is -0.116. The van der Waals surface area contributed by atoms with Gasteiger partial charge in [0.2, 0.25) is 5.91 Å². The minimum atomic E-state index is -0.260. The van der Waals surface area contributed by atoms with Gasteiger partial charge >= 0.3 is 0 Å². The van der Waals surface area contributed by atoms with Gasteiger partial charge in [-0.05, 0) is 41.8 Å². The molecule has 0 aromatic heterocycles. The van der Waals surface area contributed by atoms with Crippen LogP contribution in [0.3, 0.4) is 0 Å². The quantitative estimate of drug-likeness (QED) is 0.430. The maximum absolute atomic E-state index is 13.2. The molecule has 1 atom stereocenters. The van der Waals surface area contributed by atoms with Crippen LogP contribution in [0.2, 0.25) is 0 Å².